The minimum Gasteiger partial charge on any atom is -0.444 e. The maximum atomic E-state index is 12.5. The fourth-order valence-corrected chi connectivity index (χ4v) is 5.21. The first-order valence-corrected chi connectivity index (χ1v) is 13.1. The lowest BCUT2D eigenvalue weighted by Gasteiger charge is -2.38. The van der Waals surface area contributed by atoms with Crippen LogP contribution in [0.25, 0.3) is 0 Å². The number of pyridine rings is 1. The molecule has 0 bridgehead atoms. The van der Waals surface area contributed by atoms with Crippen LogP contribution in [0.3, 0.4) is 0 Å². The molecule has 12 nitrogen and oxygen atoms in total. The summed E-state index contributed by atoms with van der Waals surface area (Å²) in [5.41, 5.74) is 2.08. The van der Waals surface area contributed by atoms with Crippen molar-refractivity contribution in [3.63, 3.8) is 0 Å². The van der Waals surface area contributed by atoms with Crippen LogP contribution in [0.5, 0.6) is 0 Å². The van der Waals surface area contributed by atoms with E-state index in [0.717, 1.165) is 50.4 Å². The molecule has 0 saturated carbocycles. The van der Waals surface area contributed by atoms with E-state index in [-0.39, 0.29) is 23.9 Å². The predicted octanol–water partition coefficient (Wildman–Crippen LogP) is 2.98. The Morgan fingerprint density at radius 3 is 2.71 bits per heavy atom. The number of carbonyl (C=O) groups is 2. The molecule has 1 atom stereocenters. The van der Waals surface area contributed by atoms with Crippen LogP contribution >= 0.6 is 0 Å². The zero-order chi connectivity index (χ0) is 27.0. The highest BCUT2D eigenvalue weighted by Gasteiger charge is 2.34. The van der Waals surface area contributed by atoms with Gasteiger partial charge >= 0.3 is 12.1 Å². The monoisotopic (exact) mass is 521 g/mol. The van der Waals surface area contributed by atoms with Gasteiger partial charge in [-0.25, -0.2) is 14.6 Å². The molecule has 0 aromatic carbocycles. The van der Waals surface area contributed by atoms with Crippen LogP contribution in [0.15, 0.2) is 18.3 Å². The largest absolute Gasteiger partial charge is 0.444 e. The van der Waals surface area contributed by atoms with E-state index in [1.807, 2.05) is 49.5 Å². The van der Waals surface area contributed by atoms with E-state index in [2.05, 4.69) is 26.4 Å². The first-order chi connectivity index (χ1) is 18.1. The van der Waals surface area contributed by atoms with Gasteiger partial charge in [0, 0.05) is 45.8 Å². The number of carbonyl (C=O) groups excluding carboxylic acids is 2. The van der Waals surface area contributed by atoms with Crippen molar-refractivity contribution in [2.24, 2.45) is 0 Å². The van der Waals surface area contributed by atoms with E-state index in [9.17, 15) is 14.9 Å². The summed E-state index contributed by atoms with van der Waals surface area (Å²) >= 11 is 0. The van der Waals surface area contributed by atoms with Crippen LogP contribution in [0.2, 0.25) is 0 Å². The Labute approximate surface area is 222 Å². The van der Waals surface area contributed by atoms with Gasteiger partial charge in [0.05, 0.1) is 42.4 Å². The second-order valence-corrected chi connectivity index (χ2v) is 11.1. The van der Waals surface area contributed by atoms with Gasteiger partial charge in [0.15, 0.2) is 11.5 Å². The number of aromatic nitrogens is 3. The number of fused-ring (bicyclic) bond motifs is 1. The molecule has 5 heterocycles. The van der Waals surface area contributed by atoms with Crippen molar-refractivity contribution in [1.82, 2.24) is 29.5 Å². The Bertz CT molecular complexity index is 1260. The number of rotatable bonds is 4. The molecule has 5 rings (SSSR count). The second kappa shape index (κ2) is 10.0. The molecule has 3 aliphatic heterocycles. The van der Waals surface area contributed by atoms with Crippen LogP contribution in [0, 0.1) is 11.3 Å². The molecule has 1 N–H and O–H groups in total. The molecule has 0 aliphatic carbocycles. The smallest absolute Gasteiger partial charge is 0.410 e. The summed E-state index contributed by atoms with van der Waals surface area (Å²) in [6.07, 6.45) is 3.33. The third kappa shape index (κ3) is 5.32. The van der Waals surface area contributed by atoms with Gasteiger partial charge in [-0.05, 0) is 39.7 Å². The van der Waals surface area contributed by atoms with Crippen molar-refractivity contribution in [3.8, 4) is 6.07 Å². The zero-order valence-corrected chi connectivity index (χ0v) is 22.5. The number of nitrogens with zero attached hydrogens (tertiary/aromatic N) is 8. The summed E-state index contributed by atoms with van der Waals surface area (Å²) in [4.78, 5) is 37.1. The average molecular weight is 522 g/mol. The fraction of sp³-hybridized carbons (Fsp3) is 0.577. The molecule has 202 valence electrons. The number of urea groups is 1. The van der Waals surface area contributed by atoms with Gasteiger partial charge < -0.3 is 29.7 Å². The van der Waals surface area contributed by atoms with Gasteiger partial charge in [-0.2, -0.15) is 10.4 Å². The predicted molar refractivity (Wildman–Crippen MR) is 141 cm³/mol. The van der Waals surface area contributed by atoms with Gasteiger partial charge in [-0.3, -0.25) is 4.68 Å². The topological polar surface area (TPSA) is 123 Å². The Kier molecular flexibility index (Phi) is 6.77. The average Bonchev–Trinajstić information content (AvgIpc) is 3.44. The molecule has 3 amide bonds. The summed E-state index contributed by atoms with van der Waals surface area (Å²) in [6.45, 7) is 10.1. The van der Waals surface area contributed by atoms with Crippen LogP contribution in [0.1, 0.15) is 45.0 Å². The highest BCUT2D eigenvalue weighted by Crippen LogP contribution is 2.29. The van der Waals surface area contributed by atoms with Crippen LogP contribution in [-0.4, -0.2) is 93.0 Å². The molecular weight excluding hydrogens is 486 g/mol. The number of hydrogen-bond donors (Lipinski definition) is 1. The standard InChI is InChI=1S/C26H35N9O3/c1-26(2,3)38-25(37)33-9-11-35-20(17-33)13-23(30-35)29-21-12-19(15-28-22(21)14-27)32-7-5-6-18(16-32)34-10-8-31(4)24(34)36/h12-13,15,18H,5-11,16-17H2,1-4H3,(H,29,30)/t18-/m1/s1. The summed E-state index contributed by atoms with van der Waals surface area (Å²) in [6, 6.07) is 6.22. The molecule has 2 aromatic rings. The first-order valence-electron chi connectivity index (χ1n) is 13.1. The van der Waals surface area contributed by atoms with Crippen LogP contribution in [-0.2, 0) is 17.8 Å². The van der Waals surface area contributed by atoms with Crippen LogP contribution < -0.4 is 10.2 Å². The van der Waals surface area contributed by atoms with Crippen LogP contribution in [0.4, 0.5) is 26.8 Å². The number of hydrogen-bond acceptors (Lipinski definition) is 8. The lowest BCUT2D eigenvalue weighted by atomic mass is 10.0. The van der Waals surface area contributed by atoms with Gasteiger partial charge in [0.1, 0.15) is 11.7 Å². The molecule has 0 unspecified atom stereocenters. The van der Waals surface area contributed by atoms with E-state index in [1.165, 1.54) is 0 Å². The molecule has 38 heavy (non-hydrogen) atoms. The summed E-state index contributed by atoms with van der Waals surface area (Å²) in [5, 5.41) is 17.6. The minimum absolute atomic E-state index is 0.0890. The van der Waals surface area contributed by atoms with E-state index in [4.69, 9.17) is 4.74 Å². The molecule has 0 spiro atoms. The summed E-state index contributed by atoms with van der Waals surface area (Å²) in [7, 11) is 1.84. The van der Waals surface area contributed by atoms with Crippen molar-refractivity contribution in [3.05, 3.63) is 29.7 Å². The highest BCUT2D eigenvalue weighted by atomic mass is 16.6. The Hall–Kier alpha value is -4.01. The van der Waals surface area contributed by atoms with E-state index in [1.54, 1.807) is 16.0 Å². The first kappa shape index (κ1) is 25.6. The van der Waals surface area contributed by atoms with Crippen molar-refractivity contribution in [2.45, 2.75) is 58.3 Å². The number of amides is 3. The quantitative estimate of drug-likeness (QED) is 0.652. The van der Waals surface area contributed by atoms with Crippen molar-refractivity contribution in [1.29, 1.82) is 5.26 Å². The zero-order valence-electron chi connectivity index (χ0n) is 22.5. The second-order valence-electron chi connectivity index (χ2n) is 11.1. The Morgan fingerprint density at radius 2 is 2.00 bits per heavy atom. The minimum atomic E-state index is -0.554. The SMILES string of the molecule is CN1CCN([C@@H]2CCCN(c3cnc(C#N)c(Nc4cc5n(n4)CCN(C(=O)OC(C)(C)C)C5)c3)C2)C1=O. The summed E-state index contributed by atoms with van der Waals surface area (Å²) in [5.74, 6) is 0.587. The molecule has 0 radical (unpaired) electrons. The number of anilines is 3. The number of nitriles is 1. The van der Waals surface area contributed by atoms with Gasteiger partial charge in [0.2, 0.25) is 0 Å². The third-order valence-electron chi connectivity index (χ3n) is 7.14. The molecule has 2 saturated heterocycles. The normalized spacial score (nSPS) is 19.9. The molecular formula is C26H35N9O3. The number of ether oxygens (including phenoxy) is 1. The van der Waals surface area contributed by atoms with Gasteiger partial charge in [-0.15, -0.1) is 0 Å². The van der Waals surface area contributed by atoms with Crippen molar-refractivity contribution < 1.29 is 14.3 Å². The van der Waals surface area contributed by atoms with E-state index < -0.39 is 5.60 Å². The molecule has 2 fully saturated rings. The number of piperidine rings is 1. The van der Waals surface area contributed by atoms with Crippen molar-refractivity contribution in [2.75, 3.05) is 50.0 Å². The van der Waals surface area contributed by atoms with Gasteiger partial charge in [0.25, 0.3) is 0 Å². The fourth-order valence-electron chi connectivity index (χ4n) is 5.21. The lowest BCUT2D eigenvalue weighted by Crippen LogP contribution is -2.49. The lowest BCUT2D eigenvalue weighted by molar-refractivity contribution is 0.0194. The molecule has 3 aliphatic rings. The maximum absolute atomic E-state index is 12.5. The van der Waals surface area contributed by atoms with E-state index in [0.29, 0.717) is 31.1 Å². The molecule has 12 heteroatoms. The Morgan fingerprint density at radius 1 is 1.18 bits per heavy atom. The number of likely N-dealkylation sites (N-methyl/N-ethyl adjacent to an activating group) is 1. The van der Waals surface area contributed by atoms with E-state index >= 15 is 0 Å². The number of nitrogens with one attached hydrogen (secondary N) is 1. The summed E-state index contributed by atoms with van der Waals surface area (Å²) < 4.78 is 7.38. The van der Waals surface area contributed by atoms with Gasteiger partial charge in [-0.1, -0.05) is 0 Å². The maximum Gasteiger partial charge on any atom is 0.410 e. The highest BCUT2D eigenvalue weighted by molar-refractivity contribution is 5.76. The Balaban J connectivity index is 1.30. The third-order valence-corrected chi connectivity index (χ3v) is 7.14. The molecule has 2 aromatic heterocycles. The van der Waals surface area contributed by atoms with Crippen molar-refractivity contribution >= 4 is 29.3 Å².